The van der Waals surface area contributed by atoms with E-state index >= 15 is 0 Å². The van der Waals surface area contributed by atoms with E-state index in [4.69, 9.17) is 4.74 Å². The summed E-state index contributed by atoms with van der Waals surface area (Å²) in [5, 5.41) is 21.8. The second kappa shape index (κ2) is 10.7. The fourth-order valence-electron chi connectivity index (χ4n) is 3.31. The predicted octanol–water partition coefficient (Wildman–Crippen LogP) is 5.98. The molecule has 1 aliphatic heterocycles. The highest BCUT2D eigenvalue weighted by Crippen LogP contribution is 2.38. The van der Waals surface area contributed by atoms with Crippen molar-refractivity contribution in [2.75, 3.05) is 6.54 Å². The molecule has 0 spiro atoms. The van der Waals surface area contributed by atoms with Crippen molar-refractivity contribution in [2.24, 2.45) is 0 Å². The molecule has 0 radical (unpaired) electrons. The van der Waals surface area contributed by atoms with Crippen LogP contribution in [-0.2, 0) is 4.79 Å². The number of halogens is 1. The Morgan fingerprint density at radius 2 is 1.68 bits per heavy atom. The van der Waals surface area contributed by atoms with Gasteiger partial charge in [0.25, 0.3) is 16.8 Å². The first-order valence-corrected chi connectivity index (χ1v) is 12.0. The number of ether oxygens (including phenoxy) is 1. The standard InChI is InChI=1S/C24H14BrN3O8S/c25-16-7-5-14(6-8-16)19(29)13-26-23(30)22(37-24(26)31)11-15-3-1-2-4-20(15)36-21-10-9-17(27(32)33)12-18(21)28(34)35/h1-12H,13H2/b22-11+. The van der Waals surface area contributed by atoms with Crippen LogP contribution in [0.25, 0.3) is 6.08 Å². The topological polar surface area (TPSA) is 150 Å². The van der Waals surface area contributed by atoms with Crippen LogP contribution in [0, 0.1) is 20.2 Å². The molecule has 1 fully saturated rings. The van der Waals surface area contributed by atoms with Gasteiger partial charge in [-0.1, -0.05) is 46.3 Å². The molecule has 1 saturated heterocycles. The maximum absolute atomic E-state index is 12.9. The maximum Gasteiger partial charge on any atom is 0.318 e. The molecular formula is C24H14BrN3O8S. The summed E-state index contributed by atoms with van der Waals surface area (Å²) in [6, 6.07) is 15.7. The number of imide groups is 1. The smallest absolute Gasteiger partial charge is 0.318 e. The van der Waals surface area contributed by atoms with Crippen LogP contribution in [0.4, 0.5) is 16.2 Å². The largest absolute Gasteiger partial charge is 0.449 e. The first-order valence-electron chi connectivity index (χ1n) is 10.4. The number of ketones is 1. The minimum absolute atomic E-state index is 0.0304. The van der Waals surface area contributed by atoms with E-state index in [0.717, 1.165) is 27.6 Å². The van der Waals surface area contributed by atoms with Gasteiger partial charge < -0.3 is 4.74 Å². The number of hydrogen-bond donors (Lipinski definition) is 0. The van der Waals surface area contributed by atoms with Gasteiger partial charge >= 0.3 is 5.69 Å². The van der Waals surface area contributed by atoms with Crippen molar-refractivity contribution in [1.29, 1.82) is 0 Å². The van der Waals surface area contributed by atoms with Crippen LogP contribution in [0.1, 0.15) is 15.9 Å². The van der Waals surface area contributed by atoms with Crippen LogP contribution < -0.4 is 4.74 Å². The number of amides is 2. The molecule has 11 nitrogen and oxygen atoms in total. The second-order valence-electron chi connectivity index (χ2n) is 7.50. The first kappa shape index (κ1) is 25.7. The summed E-state index contributed by atoms with van der Waals surface area (Å²) < 4.78 is 6.46. The number of rotatable bonds is 8. The Balaban J connectivity index is 1.59. The fraction of sp³-hybridized carbons (Fsp3) is 0.0417. The minimum atomic E-state index is -0.807. The zero-order valence-corrected chi connectivity index (χ0v) is 20.9. The molecule has 0 N–H and O–H groups in total. The van der Waals surface area contributed by atoms with Crippen LogP contribution in [0.2, 0.25) is 0 Å². The van der Waals surface area contributed by atoms with Crippen LogP contribution >= 0.6 is 27.7 Å². The van der Waals surface area contributed by atoms with Gasteiger partial charge in [0.05, 0.1) is 27.4 Å². The van der Waals surface area contributed by atoms with Crippen LogP contribution in [0.15, 0.2) is 76.1 Å². The SMILES string of the molecule is O=C(CN1C(=O)S/C(=C/c2ccccc2Oc2ccc([N+](=O)[O-])cc2[N+](=O)[O-])C1=O)c1ccc(Br)cc1. The normalized spacial score (nSPS) is 14.2. The number of hydrogen-bond acceptors (Lipinski definition) is 9. The molecule has 3 aromatic rings. The predicted molar refractivity (Wildman–Crippen MR) is 137 cm³/mol. The first-order chi connectivity index (χ1) is 17.6. The van der Waals surface area contributed by atoms with Gasteiger partial charge in [0.15, 0.2) is 5.78 Å². The van der Waals surface area contributed by atoms with Gasteiger partial charge in [-0.3, -0.25) is 39.5 Å². The van der Waals surface area contributed by atoms with Gasteiger partial charge in [-0.25, -0.2) is 0 Å². The van der Waals surface area contributed by atoms with E-state index in [1.165, 1.54) is 12.1 Å². The number of carbonyl (C=O) groups excluding carboxylic acids is 3. The lowest BCUT2D eigenvalue weighted by Crippen LogP contribution is -2.33. The Bertz CT molecular complexity index is 1490. The Morgan fingerprint density at radius 1 is 0.973 bits per heavy atom. The number of non-ortho nitro benzene ring substituents is 1. The molecule has 37 heavy (non-hydrogen) atoms. The highest BCUT2D eigenvalue weighted by atomic mass is 79.9. The lowest BCUT2D eigenvalue weighted by molar-refractivity contribution is -0.394. The zero-order chi connectivity index (χ0) is 26.7. The van der Waals surface area contributed by atoms with Crippen molar-refractivity contribution in [3.05, 3.63) is 107 Å². The molecule has 2 amide bonds. The summed E-state index contributed by atoms with van der Waals surface area (Å²) in [7, 11) is 0. The third-order valence-electron chi connectivity index (χ3n) is 5.12. The van der Waals surface area contributed by atoms with E-state index in [9.17, 15) is 34.6 Å². The van der Waals surface area contributed by atoms with Crippen molar-refractivity contribution in [3.63, 3.8) is 0 Å². The number of thioether (sulfide) groups is 1. The molecule has 1 aliphatic rings. The van der Waals surface area contributed by atoms with Gasteiger partial charge in [0, 0.05) is 21.7 Å². The zero-order valence-electron chi connectivity index (χ0n) is 18.5. The molecule has 0 unspecified atom stereocenters. The number of carbonyl (C=O) groups is 3. The van der Waals surface area contributed by atoms with Crippen molar-refractivity contribution in [1.82, 2.24) is 4.90 Å². The number of nitro benzene ring substituents is 2. The molecule has 4 rings (SSSR count). The van der Waals surface area contributed by atoms with Crippen LogP contribution in [0.3, 0.4) is 0 Å². The molecule has 0 bridgehead atoms. The van der Waals surface area contributed by atoms with E-state index in [1.54, 1.807) is 42.5 Å². The molecule has 13 heteroatoms. The molecular weight excluding hydrogens is 570 g/mol. The number of nitro groups is 2. The molecule has 0 atom stereocenters. The van der Waals surface area contributed by atoms with Crippen LogP contribution in [-0.4, -0.2) is 38.2 Å². The molecule has 0 saturated carbocycles. The van der Waals surface area contributed by atoms with Gasteiger partial charge in [-0.2, -0.15) is 0 Å². The van der Waals surface area contributed by atoms with Gasteiger partial charge in [0.2, 0.25) is 5.75 Å². The van der Waals surface area contributed by atoms with E-state index < -0.39 is 44.7 Å². The quantitative estimate of drug-likeness (QED) is 0.135. The highest BCUT2D eigenvalue weighted by Gasteiger charge is 2.36. The number of benzene rings is 3. The number of nitrogens with zero attached hydrogens (tertiary/aromatic N) is 3. The third-order valence-corrected chi connectivity index (χ3v) is 6.55. The average molecular weight is 584 g/mol. The minimum Gasteiger partial charge on any atom is -0.449 e. The summed E-state index contributed by atoms with van der Waals surface area (Å²) >= 11 is 3.92. The Morgan fingerprint density at radius 3 is 2.35 bits per heavy atom. The lowest BCUT2D eigenvalue weighted by Gasteiger charge is -2.11. The summed E-state index contributed by atoms with van der Waals surface area (Å²) in [5.41, 5.74) is -0.427. The lowest BCUT2D eigenvalue weighted by atomic mass is 10.1. The van der Waals surface area contributed by atoms with E-state index in [2.05, 4.69) is 15.9 Å². The van der Waals surface area contributed by atoms with Crippen molar-refractivity contribution >= 4 is 62.1 Å². The highest BCUT2D eigenvalue weighted by molar-refractivity contribution is 9.10. The molecule has 3 aromatic carbocycles. The molecule has 1 heterocycles. The summed E-state index contributed by atoms with van der Waals surface area (Å²) in [6.45, 7) is -0.434. The molecule has 186 valence electrons. The van der Waals surface area contributed by atoms with E-state index in [-0.39, 0.29) is 16.4 Å². The second-order valence-corrected chi connectivity index (χ2v) is 9.41. The van der Waals surface area contributed by atoms with Gasteiger partial charge in [-0.15, -0.1) is 0 Å². The van der Waals surface area contributed by atoms with Crippen molar-refractivity contribution < 1.29 is 29.0 Å². The summed E-state index contributed by atoms with van der Waals surface area (Å²) in [6.07, 6.45) is 1.38. The van der Waals surface area contributed by atoms with E-state index in [0.29, 0.717) is 22.9 Å². The van der Waals surface area contributed by atoms with Crippen molar-refractivity contribution in [2.45, 2.75) is 0 Å². The van der Waals surface area contributed by atoms with Gasteiger partial charge in [0.1, 0.15) is 5.75 Å². The fourth-order valence-corrected chi connectivity index (χ4v) is 4.40. The monoisotopic (exact) mass is 583 g/mol. The molecule has 0 aromatic heterocycles. The maximum atomic E-state index is 12.9. The van der Waals surface area contributed by atoms with E-state index in [1.807, 2.05) is 0 Å². The van der Waals surface area contributed by atoms with Crippen LogP contribution in [0.5, 0.6) is 11.5 Å². The summed E-state index contributed by atoms with van der Waals surface area (Å²) in [5.74, 6) is -1.22. The third kappa shape index (κ3) is 5.73. The number of para-hydroxylation sites is 1. The number of Topliss-reactive ketones (excluding diaryl/α,β-unsaturated/α-hetero) is 1. The Hall–Kier alpha value is -4.36. The molecule has 0 aliphatic carbocycles. The Kier molecular flexibility index (Phi) is 7.45. The Labute approximate surface area is 221 Å². The van der Waals surface area contributed by atoms with Crippen molar-refractivity contribution in [3.8, 4) is 11.5 Å². The average Bonchev–Trinajstić information content (AvgIpc) is 3.12. The van der Waals surface area contributed by atoms with Gasteiger partial charge in [-0.05, 0) is 42.1 Å². The summed E-state index contributed by atoms with van der Waals surface area (Å²) in [4.78, 5) is 59.7.